The van der Waals surface area contributed by atoms with Crippen LogP contribution in [0.5, 0.6) is 0 Å². The van der Waals surface area contributed by atoms with Crippen LogP contribution in [-0.4, -0.2) is 3.21 Å². The molecule has 246 valence electrons. The number of benzene rings is 4. The van der Waals surface area contributed by atoms with Crippen LogP contribution in [0.3, 0.4) is 0 Å². The average Bonchev–Trinajstić information content (AvgIpc) is 3.55. The van der Waals surface area contributed by atoms with Gasteiger partial charge in [0.15, 0.2) is 0 Å². The Bertz CT molecular complexity index is 1570. The van der Waals surface area contributed by atoms with E-state index in [1.54, 1.807) is 0 Å². The maximum atomic E-state index is 3.37. The summed E-state index contributed by atoms with van der Waals surface area (Å²) in [6, 6.07) is 36.2. The van der Waals surface area contributed by atoms with Crippen LogP contribution in [0.2, 0.25) is 0 Å². The summed E-state index contributed by atoms with van der Waals surface area (Å²) in [6.07, 6.45) is 6.73. The van der Waals surface area contributed by atoms with Gasteiger partial charge in [0, 0.05) is 0 Å². The maximum absolute atomic E-state index is 3.37. The van der Waals surface area contributed by atoms with Gasteiger partial charge in [-0.2, -0.15) is 41.5 Å². The van der Waals surface area contributed by atoms with Crippen molar-refractivity contribution in [2.45, 2.75) is 86.5 Å². The van der Waals surface area contributed by atoms with E-state index in [2.05, 4.69) is 172 Å². The van der Waals surface area contributed by atoms with Crippen LogP contribution in [0.25, 0.3) is 11.1 Å². The molecule has 0 bridgehead atoms. The van der Waals surface area contributed by atoms with Crippen molar-refractivity contribution in [1.82, 2.24) is 0 Å². The molecule has 0 aliphatic heterocycles. The summed E-state index contributed by atoms with van der Waals surface area (Å²) in [5, 5.41) is 0. The fourth-order valence-electron chi connectivity index (χ4n) is 5.92. The molecule has 0 N–H and O–H groups in total. The van der Waals surface area contributed by atoms with Crippen molar-refractivity contribution < 1.29 is 49.0 Å². The second-order valence-electron chi connectivity index (χ2n) is 14.8. The molecule has 0 spiro atoms. The number of rotatable bonds is 3. The van der Waals surface area contributed by atoms with E-state index < -0.39 is 0 Å². The van der Waals surface area contributed by atoms with Crippen LogP contribution in [0.15, 0.2) is 108 Å². The molecule has 47 heavy (non-hydrogen) atoms. The van der Waals surface area contributed by atoms with Gasteiger partial charge in [0.05, 0.1) is 0 Å². The van der Waals surface area contributed by atoms with Crippen molar-refractivity contribution in [2.24, 2.45) is 11.8 Å². The molecule has 0 saturated heterocycles. The van der Waals surface area contributed by atoms with Gasteiger partial charge in [0.25, 0.3) is 0 Å². The normalized spacial score (nSPS) is 14.5. The van der Waals surface area contributed by atoms with Crippen LogP contribution in [-0.2, 0) is 41.5 Å². The van der Waals surface area contributed by atoms with Gasteiger partial charge in [0.2, 0.25) is 0 Å². The van der Waals surface area contributed by atoms with Gasteiger partial charge >= 0.3 is 151 Å². The summed E-state index contributed by atoms with van der Waals surface area (Å²) in [6.45, 7) is 22.3. The molecule has 1 atom stereocenters. The minimum atomic E-state index is 0. The second-order valence-corrected chi connectivity index (χ2v) is 16.0. The molecule has 0 nitrogen and oxygen atoms in total. The molecule has 0 fully saturated rings. The van der Waals surface area contributed by atoms with Gasteiger partial charge in [-0.05, 0) is 6.42 Å². The molecule has 3 heteroatoms. The zero-order valence-electron chi connectivity index (χ0n) is 29.9. The van der Waals surface area contributed by atoms with E-state index in [1.807, 2.05) is 6.07 Å². The number of allylic oxidation sites excluding steroid dienone is 4. The molecule has 0 radical (unpaired) electrons. The van der Waals surface area contributed by atoms with Crippen LogP contribution in [0.1, 0.15) is 103 Å². The van der Waals surface area contributed by atoms with Crippen LogP contribution < -0.4 is 24.8 Å². The molecular formula is C44H50Cl2Zr-2. The molecule has 1 unspecified atom stereocenters. The van der Waals surface area contributed by atoms with Gasteiger partial charge in [-0.3, -0.25) is 6.08 Å². The summed E-state index contributed by atoms with van der Waals surface area (Å²) in [7, 11) is 0. The first kappa shape index (κ1) is 40.9. The number of hydrogen-bond donors (Lipinski definition) is 0. The minimum absolute atomic E-state index is 0. The predicted octanol–water partition coefficient (Wildman–Crippen LogP) is 5.43. The van der Waals surface area contributed by atoms with Crippen LogP contribution >= 0.6 is 0 Å². The fourth-order valence-corrected chi connectivity index (χ4v) is 6.74. The van der Waals surface area contributed by atoms with Crippen LogP contribution in [0.4, 0.5) is 0 Å². The SMILES string of the molecule is CC(C)(C)c1ccc([C](=[Zr+2])c2ccc(C(C)(C)C)cc2)cc1.CC1=[C-]C(C)C=C1C(C)C.[Cl-].[Cl-].[c-]1cccc2c1Cc1ccccc1-2. The van der Waals surface area contributed by atoms with E-state index in [0.29, 0.717) is 11.8 Å². The standard InChI is InChI=1S/C21H26.C13H9.C10H15.2ClH.Zr/c1-20(2,3)18-11-7-16(8-12-18)15-17-9-13-19(14-10-17)21(4,5)6;1-3-7-12-10(5-1)9-11-6-2-4-8-13(11)12;1-7(2)10-6-8(3)5-9(10)4;;;/h7-14H,1-6H3;1-5,7-8H,9H2;6-8H,1-4H3;2*1H;/q;2*-1;;;+2/p-2. The van der Waals surface area contributed by atoms with Gasteiger partial charge in [-0.15, -0.1) is 5.56 Å². The Labute approximate surface area is 313 Å². The van der Waals surface area contributed by atoms with Crippen molar-refractivity contribution in [3.05, 3.63) is 154 Å². The van der Waals surface area contributed by atoms with E-state index in [0.717, 1.165) is 6.42 Å². The Balaban J connectivity index is 0.000000261. The third-order valence-corrected chi connectivity index (χ3v) is 10.0. The summed E-state index contributed by atoms with van der Waals surface area (Å²) >= 11 is 1.46. The van der Waals surface area contributed by atoms with Crippen molar-refractivity contribution in [3.8, 4) is 11.1 Å². The molecule has 0 heterocycles. The number of halogens is 2. The Morgan fingerprint density at radius 3 is 1.64 bits per heavy atom. The monoisotopic (exact) mass is 738 g/mol. The Morgan fingerprint density at radius 2 is 1.21 bits per heavy atom. The largest absolute Gasteiger partial charge is 1.00 e. The van der Waals surface area contributed by atoms with E-state index in [4.69, 9.17) is 0 Å². The Hall–Kier alpha value is -2.31. The zero-order chi connectivity index (χ0) is 32.9. The predicted molar refractivity (Wildman–Crippen MR) is 192 cm³/mol. The third kappa shape index (κ3) is 10.8. The second kappa shape index (κ2) is 17.4. The van der Waals surface area contributed by atoms with E-state index in [9.17, 15) is 0 Å². The molecular weight excluding hydrogens is 691 g/mol. The molecule has 6 rings (SSSR count). The van der Waals surface area contributed by atoms with Crippen molar-refractivity contribution in [1.29, 1.82) is 0 Å². The zero-order valence-corrected chi connectivity index (χ0v) is 33.8. The van der Waals surface area contributed by atoms with Gasteiger partial charge < -0.3 is 24.8 Å². The van der Waals surface area contributed by atoms with E-state index in [1.165, 1.54) is 83.1 Å². The van der Waals surface area contributed by atoms with Gasteiger partial charge in [-0.1, -0.05) is 74.9 Å². The summed E-state index contributed by atoms with van der Waals surface area (Å²) < 4.78 is 1.42. The quantitative estimate of drug-likeness (QED) is 0.217. The molecule has 2 aliphatic rings. The van der Waals surface area contributed by atoms with Crippen molar-refractivity contribution in [2.75, 3.05) is 0 Å². The average molecular weight is 741 g/mol. The third-order valence-electron chi connectivity index (χ3n) is 8.62. The van der Waals surface area contributed by atoms with E-state index in [-0.39, 0.29) is 35.6 Å². The molecule has 0 aromatic heterocycles. The van der Waals surface area contributed by atoms with Crippen LogP contribution in [0, 0.1) is 24.0 Å². The van der Waals surface area contributed by atoms with Crippen molar-refractivity contribution >= 4 is 3.21 Å². The van der Waals surface area contributed by atoms with Crippen molar-refractivity contribution in [3.63, 3.8) is 0 Å². The first-order chi connectivity index (χ1) is 21.1. The minimum Gasteiger partial charge on any atom is -1.00 e. The van der Waals surface area contributed by atoms with Gasteiger partial charge in [0.1, 0.15) is 0 Å². The van der Waals surface area contributed by atoms with E-state index >= 15 is 0 Å². The van der Waals surface area contributed by atoms with Gasteiger partial charge in [-0.25, -0.2) is 5.57 Å². The summed E-state index contributed by atoms with van der Waals surface area (Å²) in [4.78, 5) is 0. The first-order valence-corrected chi connectivity index (χ1v) is 17.6. The number of fused-ring (bicyclic) bond motifs is 3. The number of hydrogen-bond acceptors (Lipinski definition) is 0. The fraction of sp³-hybridized carbons (Fsp3) is 0.341. The topological polar surface area (TPSA) is 0 Å². The Morgan fingerprint density at radius 1 is 0.723 bits per heavy atom. The molecule has 4 aromatic rings. The summed E-state index contributed by atoms with van der Waals surface area (Å²) in [5.74, 6) is 1.20. The summed E-state index contributed by atoms with van der Waals surface area (Å²) in [5.41, 5.74) is 14.2. The first-order valence-electron chi connectivity index (χ1n) is 16.4. The molecule has 0 amide bonds. The Kier molecular flexibility index (Phi) is 15.1. The maximum Gasteiger partial charge on any atom is -0.0253 e. The molecule has 2 aliphatic carbocycles. The molecule has 4 aromatic carbocycles. The molecule has 0 saturated carbocycles. The smallest absolute Gasteiger partial charge is 0.0253 e.